The van der Waals surface area contributed by atoms with Crippen molar-refractivity contribution in [3.05, 3.63) is 46.5 Å². The van der Waals surface area contributed by atoms with Crippen LogP contribution in [0.3, 0.4) is 0 Å². The number of amides is 2. The van der Waals surface area contributed by atoms with Gasteiger partial charge in [-0.05, 0) is 47.8 Å². The highest BCUT2D eigenvalue weighted by atomic mass is 79.9. The largest absolute Gasteiger partial charge is 0.272 e. The van der Waals surface area contributed by atoms with E-state index < -0.39 is 0 Å². The van der Waals surface area contributed by atoms with Crippen molar-refractivity contribution in [2.24, 2.45) is 40.6 Å². The van der Waals surface area contributed by atoms with Crippen molar-refractivity contribution >= 4 is 34.0 Å². The molecular formula is C18H15BrN2O2. The smallest absolute Gasteiger partial charge is 0.254 e. The van der Waals surface area contributed by atoms with Crippen molar-refractivity contribution in [3.63, 3.8) is 0 Å². The molecule has 2 bridgehead atoms. The number of hydrogen-bond acceptors (Lipinski definition) is 3. The fraction of sp³-hybridized carbons (Fsp3) is 0.389. The van der Waals surface area contributed by atoms with Gasteiger partial charge < -0.3 is 0 Å². The van der Waals surface area contributed by atoms with Crippen molar-refractivity contribution in [1.82, 2.24) is 5.01 Å². The lowest BCUT2D eigenvalue weighted by Gasteiger charge is -2.37. The number of hydrogen-bond donors (Lipinski definition) is 0. The molecule has 6 rings (SSSR count). The molecule has 4 nitrogen and oxygen atoms in total. The second-order valence-corrected chi connectivity index (χ2v) is 7.85. The Morgan fingerprint density at radius 1 is 1.00 bits per heavy atom. The van der Waals surface area contributed by atoms with Crippen LogP contribution in [0, 0.1) is 35.5 Å². The van der Waals surface area contributed by atoms with Crippen LogP contribution in [0.4, 0.5) is 0 Å². The molecular weight excluding hydrogens is 356 g/mol. The van der Waals surface area contributed by atoms with Gasteiger partial charge in [-0.2, -0.15) is 10.1 Å². The molecule has 4 aliphatic carbocycles. The molecule has 2 amide bonds. The minimum absolute atomic E-state index is 0.113. The maximum atomic E-state index is 12.7. The number of carbonyl (C=O) groups is 2. The molecule has 5 heteroatoms. The van der Waals surface area contributed by atoms with E-state index in [-0.39, 0.29) is 35.5 Å². The summed E-state index contributed by atoms with van der Waals surface area (Å²) in [6.45, 7) is 0. The third-order valence-electron chi connectivity index (χ3n) is 5.83. The van der Waals surface area contributed by atoms with Gasteiger partial charge in [-0.1, -0.05) is 40.2 Å². The topological polar surface area (TPSA) is 49.7 Å². The van der Waals surface area contributed by atoms with Crippen LogP contribution in [-0.4, -0.2) is 23.0 Å². The summed E-state index contributed by atoms with van der Waals surface area (Å²) in [5, 5.41) is 5.33. The second kappa shape index (κ2) is 4.63. The van der Waals surface area contributed by atoms with E-state index in [1.54, 1.807) is 6.21 Å². The molecule has 1 aromatic rings. The van der Waals surface area contributed by atoms with Crippen LogP contribution in [0.1, 0.15) is 12.0 Å². The minimum atomic E-state index is -0.177. The lowest BCUT2D eigenvalue weighted by Crippen LogP contribution is -2.40. The summed E-state index contributed by atoms with van der Waals surface area (Å²) >= 11 is 3.38. The van der Waals surface area contributed by atoms with Gasteiger partial charge in [0.2, 0.25) is 0 Å². The van der Waals surface area contributed by atoms with Crippen molar-refractivity contribution in [2.45, 2.75) is 6.42 Å². The molecule has 1 heterocycles. The van der Waals surface area contributed by atoms with E-state index in [0.29, 0.717) is 11.8 Å². The summed E-state index contributed by atoms with van der Waals surface area (Å²) in [5.41, 5.74) is 0.868. The molecule has 1 aromatic carbocycles. The van der Waals surface area contributed by atoms with E-state index in [0.717, 1.165) is 15.0 Å². The molecule has 116 valence electrons. The van der Waals surface area contributed by atoms with Crippen molar-refractivity contribution in [3.8, 4) is 0 Å². The van der Waals surface area contributed by atoms with E-state index in [4.69, 9.17) is 0 Å². The van der Waals surface area contributed by atoms with Gasteiger partial charge in [0, 0.05) is 4.47 Å². The molecule has 23 heavy (non-hydrogen) atoms. The first-order valence-electron chi connectivity index (χ1n) is 8.01. The highest BCUT2D eigenvalue weighted by Gasteiger charge is 2.67. The summed E-state index contributed by atoms with van der Waals surface area (Å²) in [6, 6.07) is 7.61. The Kier molecular flexibility index (Phi) is 2.75. The molecule has 0 radical (unpaired) electrons. The van der Waals surface area contributed by atoms with Crippen molar-refractivity contribution < 1.29 is 9.59 Å². The summed E-state index contributed by atoms with van der Waals surface area (Å²) in [5.74, 6) is 1.17. The number of carbonyl (C=O) groups excluding carboxylic acids is 2. The zero-order valence-electron chi connectivity index (χ0n) is 12.3. The quantitative estimate of drug-likeness (QED) is 0.456. The van der Waals surface area contributed by atoms with Crippen molar-refractivity contribution in [1.29, 1.82) is 0 Å². The van der Waals surface area contributed by atoms with Gasteiger partial charge in [-0.25, -0.2) is 0 Å². The Morgan fingerprint density at radius 3 is 2.13 bits per heavy atom. The van der Waals surface area contributed by atoms with Crippen LogP contribution in [0.25, 0.3) is 0 Å². The van der Waals surface area contributed by atoms with Crippen LogP contribution < -0.4 is 0 Å². The summed E-state index contributed by atoms with van der Waals surface area (Å²) in [7, 11) is 0. The highest BCUT2D eigenvalue weighted by molar-refractivity contribution is 9.10. The van der Waals surface area contributed by atoms with Gasteiger partial charge >= 0.3 is 0 Å². The van der Waals surface area contributed by atoms with Gasteiger partial charge in [-0.15, -0.1) is 0 Å². The summed E-state index contributed by atoms with van der Waals surface area (Å²) < 4.78 is 0.982. The maximum absolute atomic E-state index is 12.7. The molecule has 3 fully saturated rings. The van der Waals surface area contributed by atoms with E-state index >= 15 is 0 Å². The number of rotatable bonds is 2. The third-order valence-corrected chi connectivity index (χ3v) is 6.36. The Labute approximate surface area is 142 Å². The number of imide groups is 1. The lowest BCUT2D eigenvalue weighted by molar-refractivity contribution is -0.140. The Balaban J connectivity index is 1.44. The Hall–Kier alpha value is -1.75. The Morgan fingerprint density at radius 2 is 1.57 bits per heavy atom. The summed E-state index contributed by atoms with van der Waals surface area (Å²) in [4.78, 5) is 25.5. The normalized spacial score (nSPS) is 40.0. The van der Waals surface area contributed by atoms with E-state index in [2.05, 4.69) is 33.2 Å². The van der Waals surface area contributed by atoms with Gasteiger partial charge in [0.15, 0.2) is 0 Å². The predicted octanol–water partition coefficient (Wildman–Crippen LogP) is 2.84. The van der Waals surface area contributed by atoms with Crippen LogP contribution >= 0.6 is 15.9 Å². The van der Waals surface area contributed by atoms with Crippen molar-refractivity contribution in [2.75, 3.05) is 0 Å². The fourth-order valence-corrected chi connectivity index (χ4v) is 4.99. The van der Waals surface area contributed by atoms with Gasteiger partial charge in [0.05, 0.1) is 18.1 Å². The summed E-state index contributed by atoms with van der Waals surface area (Å²) in [6.07, 6.45) is 7.12. The van der Waals surface area contributed by atoms with Gasteiger partial charge in [-0.3, -0.25) is 9.59 Å². The van der Waals surface area contributed by atoms with Gasteiger partial charge in [0.1, 0.15) is 0 Å². The molecule has 0 aromatic heterocycles. The number of allylic oxidation sites excluding steroid dienone is 2. The number of nitrogens with zero attached hydrogens (tertiary/aromatic N) is 2. The molecule has 5 aliphatic rings. The van der Waals surface area contributed by atoms with Crippen LogP contribution in [0.15, 0.2) is 46.0 Å². The minimum Gasteiger partial charge on any atom is -0.272 e. The van der Waals surface area contributed by atoms with E-state index in [9.17, 15) is 9.59 Å². The highest BCUT2D eigenvalue weighted by Crippen LogP contribution is 2.65. The first-order chi connectivity index (χ1) is 11.1. The average molecular weight is 371 g/mol. The van der Waals surface area contributed by atoms with Crippen LogP contribution in [0.2, 0.25) is 0 Å². The first kappa shape index (κ1) is 13.7. The maximum Gasteiger partial charge on any atom is 0.254 e. The lowest BCUT2D eigenvalue weighted by atomic mass is 9.63. The molecule has 6 atom stereocenters. The molecule has 0 spiro atoms. The van der Waals surface area contributed by atoms with Gasteiger partial charge in [0.25, 0.3) is 11.8 Å². The van der Waals surface area contributed by atoms with E-state index in [1.165, 1.54) is 6.42 Å². The Bertz CT molecular complexity index is 734. The third kappa shape index (κ3) is 1.86. The fourth-order valence-electron chi connectivity index (χ4n) is 4.73. The first-order valence-corrected chi connectivity index (χ1v) is 8.80. The predicted molar refractivity (Wildman–Crippen MR) is 88.3 cm³/mol. The number of benzene rings is 1. The zero-order valence-corrected chi connectivity index (χ0v) is 13.9. The zero-order chi connectivity index (χ0) is 15.7. The second-order valence-electron chi connectivity index (χ2n) is 6.94. The molecule has 2 saturated carbocycles. The van der Waals surface area contributed by atoms with Crippen LogP contribution in [-0.2, 0) is 9.59 Å². The van der Waals surface area contributed by atoms with Crippen LogP contribution in [0.5, 0.6) is 0 Å². The average Bonchev–Trinajstić information content (AvgIpc) is 3.33. The monoisotopic (exact) mass is 370 g/mol. The SMILES string of the molecule is O=C1[C@@H]2[C@H]3C=C[C@@H]([C@@H]4C[C@@H]34)[C@@H]2C(=O)N1/N=C\c1ccc(Br)cc1. The van der Waals surface area contributed by atoms with E-state index in [1.807, 2.05) is 24.3 Å². The molecule has 0 N–H and O–H groups in total. The standard InChI is InChI=1S/C18H15BrN2O2/c19-10-3-1-9(2-4-10)8-20-21-17(22)15-11-5-6-12(14-7-13(11)14)16(15)18(21)23/h1-6,8,11-16H,7H2/b20-8-/t11-,12-,13-,14-,15-,16+/m0/s1. The number of hydrazone groups is 1. The molecule has 1 aliphatic heterocycles. The molecule has 0 unspecified atom stereocenters. The number of halogens is 1. The molecule has 1 saturated heterocycles.